The van der Waals surface area contributed by atoms with Crippen molar-refractivity contribution in [1.29, 1.82) is 0 Å². The Morgan fingerprint density at radius 3 is 2.39 bits per heavy atom. The maximum atomic E-state index is 13.8. The summed E-state index contributed by atoms with van der Waals surface area (Å²) < 4.78 is 76.8. The van der Waals surface area contributed by atoms with Crippen molar-refractivity contribution in [3.8, 4) is 0 Å². The Balaban J connectivity index is 2.45. The highest BCUT2D eigenvalue weighted by Gasteiger charge is 2.53. The number of alkyl halides is 5. The van der Waals surface area contributed by atoms with E-state index < -0.39 is 41.6 Å². The van der Waals surface area contributed by atoms with Crippen LogP contribution in [0.3, 0.4) is 0 Å². The summed E-state index contributed by atoms with van der Waals surface area (Å²) in [4.78, 5) is 15.6. The standard InChI is InChI=1S/C13H13F6N2O2/c14-9-1-3-10(4-2-9)21(23-11(22)13(17,18)19)6-5-20-7-12(15,16)8-21/h1-4,20H,5-8H2/q+1. The van der Waals surface area contributed by atoms with Crippen LogP contribution in [0.15, 0.2) is 24.3 Å². The highest BCUT2D eigenvalue weighted by molar-refractivity contribution is 5.76. The molecule has 1 aliphatic heterocycles. The monoisotopic (exact) mass is 343 g/mol. The molecule has 0 saturated carbocycles. The Morgan fingerprint density at radius 2 is 1.83 bits per heavy atom. The van der Waals surface area contributed by atoms with Gasteiger partial charge in [0.25, 0.3) is 0 Å². The molecule has 1 saturated heterocycles. The van der Waals surface area contributed by atoms with E-state index in [1.807, 2.05) is 0 Å². The van der Waals surface area contributed by atoms with E-state index in [0.29, 0.717) is 0 Å². The Bertz CT molecular complexity index is 575. The van der Waals surface area contributed by atoms with Crippen LogP contribution in [0.4, 0.5) is 32.0 Å². The zero-order chi connectivity index (χ0) is 17.3. The summed E-state index contributed by atoms with van der Waals surface area (Å²) in [6.45, 7) is -2.42. The molecule has 1 aliphatic rings. The van der Waals surface area contributed by atoms with E-state index in [-0.39, 0.29) is 18.8 Å². The minimum Gasteiger partial charge on any atom is -0.306 e. The van der Waals surface area contributed by atoms with Gasteiger partial charge in [-0.2, -0.15) is 22.0 Å². The number of halogens is 6. The van der Waals surface area contributed by atoms with Crippen molar-refractivity contribution in [2.24, 2.45) is 0 Å². The maximum Gasteiger partial charge on any atom is 0.497 e. The molecule has 10 heteroatoms. The van der Waals surface area contributed by atoms with Gasteiger partial charge in [-0.3, -0.25) is 4.84 Å². The Morgan fingerprint density at radius 1 is 1.22 bits per heavy atom. The predicted molar refractivity (Wildman–Crippen MR) is 67.9 cm³/mol. The molecule has 1 unspecified atom stereocenters. The smallest absolute Gasteiger partial charge is 0.306 e. The third-order valence-corrected chi connectivity index (χ3v) is 3.31. The van der Waals surface area contributed by atoms with Crippen LogP contribution in [-0.4, -0.2) is 44.2 Å². The highest BCUT2D eigenvalue weighted by Crippen LogP contribution is 2.32. The fourth-order valence-corrected chi connectivity index (χ4v) is 2.31. The van der Waals surface area contributed by atoms with E-state index in [0.717, 1.165) is 24.3 Å². The molecule has 1 atom stereocenters. The lowest BCUT2D eigenvalue weighted by atomic mass is 10.2. The lowest BCUT2D eigenvalue weighted by Gasteiger charge is -2.34. The van der Waals surface area contributed by atoms with E-state index in [1.165, 1.54) is 0 Å². The number of hydroxylamine groups is 2. The molecule has 1 aromatic rings. The molecule has 0 radical (unpaired) electrons. The van der Waals surface area contributed by atoms with Crippen LogP contribution in [0.1, 0.15) is 0 Å². The fraction of sp³-hybridized carbons (Fsp3) is 0.462. The zero-order valence-electron chi connectivity index (χ0n) is 11.7. The summed E-state index contributed by atoms with van der Waals surface area (Å²) in [6.07, 6.45) is -5.33. The second-order valence-electron chi connectivity index (χ2n) is 5.16. The van der Waals surface area contributed by atoms with Crippen molar-refractivity contribution in [3.63, 3.8) is 0 Å². The van der Waals surface area contributed by atoms with Gasteiger partial charge in [0, 0.05) is 18.7 Å². The van der Waals surface area contributed by atoms with Gasteiger partial charge in [0.2, 0.25) is 0 Å². The van der Waals surface area contributed by atoms with Crippen molar-refractivity contribution in [1.82, 2.24) is 9.96 Å². The molecule has 0 bridgehead atoms. The van der Waals surface area contributed by atoms with Gasteiger partial charge in [-0.25, -0.2) is 9.18 Å². The molecule has 1 heterocycles. The van der Waals surface area contributed by atoms with Crippen LogP contribution in [0.25, 0.3) is 0 Å². The first-order valence-corrected chi connectivity index (χ1v) is 6.57. The highest BCUT2D eigenvalue weighted by atomic mass is 19.4. The van der Waals surface area contributed by atoms with Crippen molar-refractivity contribution in [3.05, 3.63) is 30.1 Å². The first-order chi connectivity index (χ1) is 10.5. The average Bonchev–Trinajstić information content (AvgIpc) is 2.57. The van der Waals surface area contributed by atoms with Gasteiger partial charge in [0.15, 0.2) is 12.2 Å². The molecule has 2 rings (SSSR count). The van der Waals surface area contributed by atoms with Gasteiger partial charge in [0.1, 0.15) is 12.4 Å². The lowest BCUT2D eigenvalue weighted by Crippen LogP contribution is -2.58. The van der Waals surface area contributed by atoms with Crippen LogP contribution < -0.4 is 9.96 Å². The minimum atomic E-state index is -5.33. The van der Waals surface area contributed by atoms with E-state index in [1.54, 1.807) is 0 Å². The fourth-order valence-electron chi connectivity index (χ4n) is 2.31. The Labute approximate surface area is 127 Å². The molecule has 0 spiro atoms. The van der Waals surface area contributed by atoms with E-state index in [4.69, 9.17) is 0 Å². The molecule has 1 N–H and O–H groups in total. The SMILES string of the molecule is O=C(O[N+]1(c2ccc(F)cc2)CCNCC(F)(F)C1)C(F)(F)F. The number of benzene rings is 1. The normalized spacial score (nSPS) is 24.8. The molecule has 1 aromatic carbocycles. The molecular weight excluding hydrogens is 330 g/mol. The second kappa shape index (κ2) is 6.00. The number of hydrogen-bond acceptors (Lipinski definition) is 3. The number of nitrogens with zero attached hydrogens (tertiary/aromatic N) is 1. The second-order valence-corrected chi connectivity index (χ2v) is 5.16. The third kappa shape index (κ3) is 4.14. The van der Waals surface area contributed by atoms with Gasteiger partial charge in [-0.1, -0.05) is 4.65 Å². The number of quaternary nitrogens is 1. The van der Waals surface area contributed by atoms with Crippen molar-refractivity contribution < 1.29 is 36.0 Å². The van der Waals surface area contributed by atoms with E-state index in [2.05, 4.69) is 10.2 Å². The molecule has 0 aromatic heterocycles. The van der Waals surface area contributed by atoms with Crippen molar-refractivity contribution in [2.45, 2.75) is 12.1 Å². The topological polar surface area (TPSA) is 38.3 Å². The number of carbonyl (C=O) groups excluding carboxylic acids is 1. The molecule has 0 amide bonds. The summed E-state index contributed by atoms with van der Waals surface area (Å²) in [6, 6.07) is 3.82. The Hall–Kier alpha value is -1.81. The summed E-state index contributed by atoms with van der Waals surface area (Å²) in [7, 11) is 0. The van der Waals surface area contributed by atoms with Gasteiger partial charge >= 0.3 is 18.1 Å². The molecule has 128 valence electrons. The number of rotatable bonds is 2. The third-order valence-electron chi connectivity index (χ3n) is 3.31. The van der Waals surface area contributed by atoms with Gasteiger partial charge in [-0.15, -0.1) is 0 Å². The quantitative estimate of drug-likeness (QED) is 0.662. The van der Waals surface area contributed by atoms with Crippen LogP contribution in [0.5, 0.6) is 0 Å². The lowest BCUT2D eigenvalue weighted by molar-refractivity contribution is -0.241. The maximum absolute atomic E-state index is 13.8. The van der Waals surface area contributed by atoms with Gasteiger partial charge in [-0.05, 0) is 12.1 Å². The largest absolute Gasteiger partial charge is 0.497 e. The molecule has 23 heavy (non-hydrogen) atoms. The summed E-state index contributed by atoms with van der Waals surface area (Å²) in [5.41, 5.74) is -0.174. The summed E-state index contributed by atoms with van der Waals surface area (Å²) in [5, 5.41) is 2.37. The first-order valence-electron chi connectivity index (χ1n) is 6.57. The van der Waals surface area contributed by atoms with Crippen LogP contribution >= 0.6 is 0 Å². The molecule has 4 nitrogen and oxygen atoms in total. The Kier molecular flexibility index (Phi) is 4.58. The minimum absolute atomic E-state index is 0.113. The molecule has 0 aliphatic carbocycles. The van der Waals surface area contributed by atoms with E-state index in [9.17, 15) is 31.1 Å². The zero-order valence-corrected chi connectivity index (χ0v) is 11.7. The van der Waals surface area contributed by atoms with Crippen molar-refractivity contribution >= 4 is 11.7 Å². The van der Waals surface area contributed by atoms with Crippen LogP contribution in [0, 0.1) is 5.82 Å². The molecular formula is C13H13F6N2O2+. The first kappa shape index (κ1) is 17.5. The number of nitrogens with one attached hydrogen (secondary N) is 1. The van der Waals surface area contributed by atoms with E-state index >= 15 is 0 Å². The molecule has 1 fully saturated rings. The van der Waals surface area contributed by atoms with Crippen LogP contribution in [0.2, 0.25) is 0 Å². The van der Waals surface area contributed by atoms with Gasteiger partial charge < -0.3 is 5.32 Å². The predicted octanol–water partition coefficient (Wildman–Crippen LogP) is 2.39. The van der Waals surface area contributed by atoms with Crippen molar-refractivity contribution in [2.75, 3.05) is 26.2 Å². The number of carbonyl (C=O) groups is 1. The van der Waals surface area contributed by atoms with Gasteiger partial charge in [0.05, 0.1) is 6.54 Å². The number of hydrogen-bond donors (Lipinski definition) is 1. The summed E-state index contributed by atoms with van der Waals surface area (Å²) >= 11 is 0. The summed E-state index contributed by atoms with van der Waals surface area (Å²) in [5.74, 6) is -6.70. The average molecular weight is 343 g/mol. The van der Waals surface area contributed by atoms with Crippen LogP contribution in [-0.2, 0) is 9.63 Å².